The van der Waals surface area contributed by atoms with Crippen LogP contribution in [-0.2, 0) is 19.4 Å². The first-order valence-electron chi connectivity index (χ1n) is 11.8. The number of anilines is 1. The molecule has 2 amide bonds. The number of rotatable bonds is 3. The van der Waals surface area contributed by atoms with Crippen LogP contribution in [0.25, 0.3) is 5.00 Å². The number of fused-ring (bicyclic) bond motifs is 5. The Morgan fingerprint density at radius 3 is 2.62 bits per heavy atom. The molecule has 1 aliphatic heterocycles. The van der Waals surface area contributed by atoms with Gasteiger partial charge in [-0.2, -0.15) is 0 Å². The van der Waals surface area contributed by atoms with Crippen molar-refractivity contribution in [3.8, 4) is 10.8 Å². The average Bonchev–Trinajstić information content (AvgIpc) is 3.46. The summed E-state index contributed by atoms with van der Waals surface area (Å²) in [5.41, 5.74) is 5.63. The Kier molecular flexibility index (Phi) is 5.38. The molecule has 0 bridgehead atoms. The maximum absolute atomic E-state index is 14.0. The second-order valence-corrected chi connectivity index (χ2v) is 9.95. The lowest BCUT2D eigenvalue weighted by molar-refractivity contribution is 0.194. The van der Waals surface area contributed by atoms with Crippen molar-refractivity contribution in [1.29, 1.82) is 0 Å². The first-order chi connectivity index (χ1) is 16.7. The molecule has 6 heteroatoms. The summed E-state index contributed by atoms with van der Waals surface area (Å²) in [6.07, 6.45) is 6.84. The van der Waals surface area contributed by atoms with Crippen LogP contribution in [0.4, 0.5) is 10.5 Å². The van der Waals surface area contributed by atoms with Crippen molar-refractivity contribution >= 4 is 23.1 Å². The Morgan fingerprint density at radius 2 is 1.76 bits per heavy atom. The molecule has 2 aliphatic rings. The van der Waals surface area contributed by atoms with E-state index in [0.29, 0.717) is 18.0 Å². The molecule has 1 atom stereocenters. The molecular weight excluding hydrogens is 442 g/mol. The lowest BCUT2D eigenvalue weighted by atomic mass is 9.95. The van der Waals surface area contributed by atoms with Gasteiger partial charge in [-0.1, -0.05) is 42.5 Å². The van der Waals surface area contributed by atoms with Gasteiger partial charge < -0.3 is 19.5 Å². The van der Waals surface area contributed by atoms with Crippen molar-refractivity contribution in [1.82, 2.24) is 9.47 Å². The zero-order valence-corrected chi connectivity index (χ0v) is 20.0. The van der Waals surface area contributed by atoms with Crippen LogP contribution in [-0.4, -0.2) is 22.6 Å². The van der Waals surface area contributed by atoms with Crippen LogP contribution in [0, 0.1) is 0 Å². The van der Waals surface area contributed by atoms with Crippen LogP contribution in [0.1, 0.15) is 46.1 Å². The van der Waals surface area contributed by atoms with E-state index < -0.39 is 0 Å². The smallest absolute Gasteiger partial charge is 0.323 e. The molecule has 0 fully saturated rings. The standard InChI is InChI=1S/C28H27N3O2S/c1-33-24-15-7-6-13-22(24)29-28(32)31-18-21-20-12-5-8-16-25(20)34-27(21)30-17-9-14-23(30)26(31)19-10-3-2-4-11-19/h2-4,6-7,9-11,13-15,17,26H,5,8,12,16,18H2,1H3,(H,29,32)/t26-/m1/s1. The fourth-order valence-corrected chi connectivity index (χ4v) is 6.71. The van der Waals surface area contributed by atoms with Gasteiger partial charge in [0.1, 0.15) is 10.8 Å². The van der Waals surface area contributed by atoms with Crippen molar-refractivity contribution in [2.45, 2.75) is 38.3 Å². The Bertz CT molecular complexity index is 1340. The molecule has 1 N–H and O–H groups in total. The molecule has 3 heterocycles. The van der Waals surface area contributed by atoms with E-state index in [1.807, 2.05) is 58.7 Å². The summed E-state index contributed by atoms with van der Waals surface area (Å²) in [4.78, 5) is 17.4. The SMILES string of the molecule is COc1ccccc1NC(=O)N1Cc2c(sc3c2CCCC3)-n2cccc2[C@H]1c1ccccc1. The molecule has 5 nitrogen and oxygen atoms in total. The Hall–Kier alpha value is -3.51. The largest absolute Gasteiger partial charge is 0.495 e. The number of hydrogen-bond donors (Lipinski definition) is 1. The lowest BCUT2D eigenvalue weighted by Crippen LogP contribution is -2.38. The first-order valence-corrected chi connectivity index (χ1v) is 12.6. The normalized spacial score (nSPS) is 16.7. The van der Waals surface area contributed by atoms with E-state index in [4.69, 9.17) is 4.74 Å². The number of methoxy groups -OCH3 is 1. The summed E-state index contributed by atoms with van der Waals surface area (Å²) >= 11 is 1.90. The molecule has 6 rings (SSSR count). The van der Waals surface area contributed by atoms with E-state index in [1.165, 1.54) is 33.8 Å². The van der Waals surface area contributed by atoms with Crippen LogP contribution < -0.4 is 10.1 Å². The Labute approximate surface area is 203 Å². The number of urea groups is 1. The van der Waals surface area contributed by atoms with E-state index in [0.717, 1.165) is 24.1 Å². The number of amides is 2. The minimum Gasteiger partial charge on any atom is -0.495 e. The third kappa shape index (κ3) is 3.49. The highest BCUT2D eigenvalue weighted by atomic mass is 32.1. The molecule has 1 aliphatic carbocycles. The van der Waals surface area contributed by atoms with E-state index in [2.05, 4.69) is 40.3 Å². The Balaban J connectivity index is 1.49. The number of hydrogen-bond acceptors (Lipinski definition) is 3. The predicted octanol–water partition coefficient (Wildman–Crippen LogP) is 6.56. The van der Waals surface area contributed by atoms with Gasteiger partial charge in [0.25, 0.3) is 0 Å². The highest BCUT2D eigenvalue weighted by Crippen LogP contribution is 2.44. The van der Waals surface area contributed by atoms with Gasteiger partial charge in [0.05, 0.1) is 31.1 Å². The van der Waals surface area contributed by atoms with Gasteiger partial charge in [-0.15, -0.1) is 11.3 Å². The molecule has 0 saturated heterocycles. The third-order valence-corrected chi connectivity index (χ3v) is 8.24. The van der Waals surface area contributed by atoms with Crippen LogP contribution in [0.3, 0.4) is 0 Å². The van der Waals surface area contributed by atoms with Gasteiger partial charge in [-0.05, 0) is 61.1 Å². The third-order valence-electron chi connectivity index (χ3n) is 6.90. The summed E-state index contributed by atoms with van der Waals surface area (Å²) in [6.45, 7) is 0.573. The number of nitrogens with zero attached hydrogens (tertiary/aromatic N) is 2. The highest BCUT2D eigenvalue weighted by Gasteiger charge is 2.36. The number of aromatic nitrogens is 1. The first kappa shape index (κ1) is 21.1. The summed E-state index contributed by atoms with van der Waals surface area (Å²) in [6, 6.07) is 21.8. The van der Waals surface area contributed by atoms with Gasteiger partial charge in [-0.3, -0.25) is 0 Å². The number of carbonyl (C=O) groups excluding carboxylic acids is 1. The van der Waals surface area contributed by atoms with E-state index in [1.54, 1.807) is 7.11 Å². The number of para-hydroxylation sites is 2. The minimum atomic E-state index is -0.204. The zero-order valence-electron chi connectivity index (χ0n) is 19.2. The van der Waals surface area contributed by atoms with E-state index in [9.17, 15) is 4.79 Å². The molecule has 0 unspecified atom stereocenters. The van der Waals surface area contributed by atoms with Gasteiger partial charge in [0.2, 0.25) is 0 Å². The molecule has 0 spiro atoms. The maximum Gasteiger partial charge on any atom is 0.323 e. The molecule has 2 aromatic carbocycles. The average molecular weight is 470 g/mol. The van der Waals surface area contributed by atoms with E-state index in [-0.39, 0.29) is 12.1 Å². The van der Waals surface area contributed by atoms with Crippen molar-refractivity contribution in [3.05, 3.63) is 100 Å². The summed E-state index contributed by atoms with van der Waals surface area (Å²) < 4.78 is 7.81. The van der Waals surface area contributed by atoms with Gasteiger partial charge in [0, 0.05) is 16.6 Å². The number of benzene rings is 2. The molecular formula is C28H27N3O2S. The van der Waals surface area contributed by atoms with Crippen molar-refractivity contribution in [2.24, 2.45) is 0 Å². The number of carbonyl (C=O) groups is 1. The molecule has 2 aromatic heterocycles. The molecule has 0 radical (unpaired) electrons. The summed E-state index contributed by atoms with van der Waals surface area (Å²) in [7, 11) is 1.63. The number of ether oxygens (including phenoxy) is 1. The van der Waals surface area contributed by atoms with Crippen molar-refractivity contribution in [3.63, 3.8) is 0 Å². The molecule has 34 heavy (non-hydrogen) atoms. The van der Waals surface area contributed by atoms with Crippen LogP contribution in [0.15, 0.2) is 72.9 Å². The molecule has 4 aromatic rings. The second-order valence-electron chi connectivity index (χ2n) is 8.87. The fourth-order valence-electron chi connectivity index (χ4n) is 5.31. The quantitative estimate of drug-likeness (QED) is 0.369. The van der Waals surface area contributed by atoms with Crippen molar-refractivity contribution in [2.75, 3.05) is 12.4 Å². The molecule has 0 saturated carbocycles. The number of thiophene rings is 1. The van der Waals surface area contributed by atoms with Crippen LogP contribution >= 0.6 is 11.3 Å². The maximum atomic E-state index is 14.0. The number of aryl methyl sites for hydroxylation is 1. The monoisotopic (exact) mass is 469 g/mol. The van der Waals surface area contributed by atoms with E-state index >= 15 is 0 Å². The predicted molar refractivity (Wildman–Crippen MR) is 136 cm³/mol. The van der Waals surface area contributed by atoms with Gasteiger partial charge >= 0.3 is 6.03 Å². The van der Waals surface area contributed by atoms with Crippen LogP contribution in [0.2, 0.25) is 0 Å². The van der Waals surface area contributed by atoms with Gasteiger partial charge in [-0.25, -0.2) is 4.79 Å². The lowest BCUT2D eigenvalue weighted by Gasteiger charge is -2.31. The summed E-state index contributed by atoms with van der Waals surface area (Å²) in [5, 5.41) is 4.41. The molecule has 172 valence electrons. The minimum absolute atomic E-state index is 0.130. The fraction of sp³-hybridized carbons (Fsp3) is 0.250. The topological polar surface area (TPSA) is 46.5 Å². The zero-order chi connectivity index (χ0) is 23.1. The number of nitrogens with one attached hydrogen (secondary N) is 1. The Morgan fingerprint density at radius 1 is 0.971 bits per heavy atom. The second kappa shape index (κ2) is 8.69. The van der Waals surface area contributed by atoms with Gasteiger partial charge in [0.15, 0.2) is 0 Å². The van der Waals surface area contributed by atoms with Crippen LogP contribution in [0.5, 0.6) is 5.75 Å². The highest BCUT2D eigenvalue weighted by molar-refractivity contribution is 7.15. The van der Waals surface area contributed by atoms with Crippen molar-refractivity contribution < 1.29 is 9.53 Å². The summed E-state index contributed by atoms with van der Waals surface area (Å²) in [5.74, 6) is 0.652.